The van der Waals surface area contributed by atoms with Crippen LogP contribution in [0.15, 0.2) is 218 Å². The predicted octanol–water partition coefficient (Wildman–Crippen LogP) is 19.7. The number of halogens is 9. The largest absolute Gasteiger partial charge is 0.417 e. The molecule has 5 nitrogen and oxygen atoms in total. The van der Waals surface area contributed by atoms with Crippen molar-refractivity contribution < 1.29 is 39.5 Å². The molecule has 402 valence electrons. The molecule has 0 aliphatic rings. The monoisotopic (exact) mass is 1100 g/mol. The zero-order chi connectivity index (χ0) is 56.8. The average Bonchev–Trinajstić information content (AvgIpc) is 2.76. The van der Waals surface area contributed by atoms with Gasteiger partial charge in [0.15, 0.2) is 17.5 Å². The molecule has 0 spiro atoms. The smallest absolute Gasteiger partial charge is 0.309 e. The molecule has 0 fully saturated rings. The first kappa shape index (κ1) is 51.6. The minimum atomic E-state index is -5.16. The Morgan fingerprint density at radius 3 is 1.39 bits per heavy atom. The summed E-state index contributed by atoms with van der Waals surface area (Å²) < 4.78 is 138. The summed E-state index contributed by atoms with van der Waals surface area (Å²) in [5.74, 6) is 0.802. The highest BCUT2D eigenvalue weighted by molar-refractivity contribution is 6.12. The number of hydrogen-bond donors (Lipinski definition) is 0. The van der Waals surface area contributed by atoms with Crippen molar-refractivity contribution in [1.29, 1.82) is 0 Å². The Hall–Kier alpha value is -9.82. The Morgan fingerprint density at radius 1 is 0.317 bits per heavy atom. The van der Waals surface area contributed by atoms with E-state index in [0.29, 0.717) is 61.9 Å². The number of aryl methyl sites for hydroxylation is 2. The lowest BCUT2D eigenvalue weighted by molar-refractivity contribution is -0.143. The molecular weight excluding hydrogens is 1060 g/mol. The SMILES string of the molecule is Cc1ccc(-c2ccc3c(c2)c2ccccc2n3-c2ccc(C(F)(F)F)c(-c3cc(-c4nc(-c5ccccc5)nc(-c5ccccc5)n4)ccc3-n3c4ccccc4c4cc(-c5ccc(C(F)(F)F)cc5C(F)(F)F)ccc43)c2)c(C)c1. The zero-order valence-electron chi connectivity index (χ0n) is 43.4. The van der Waals surface area contributed by atoms with E-state index < -0.39 is 40.8 Å². The Balaban J connectivity index is 1.08. The third-order valence-electron chi connectivity index (χ3n) is 15.1. The maximum Gasteiger partial charge on any atom is 0.417 e. The number of aromatic nitrogens is 5. The third kappa shape index (κ3) is 9.09. The van der Waals surface area contributed by atoms with Gasteiger partial charge in [0.05, 0.1) is 44.4 Å². The van der Waals surface area contributed by atoms with Crippen LogP contribution in [0, 0.1) is 13.8 Å². The van der Waals surface area contributed by atoms with Crippen molar-refractivity contribution in [3.63, 3.8) is 0 Å². The van der Waals surface area contributed by atoms with Crippen LogP contribution >= 0.6 is 0 Å². The molecule has 14 heteroatoms. The Bertz CT molecular complexity index is 4610. The normalized spacial score (nSPS) is 12.3. The summed E-state index contributed by atoms with van der Waals surface area (Å²) in [4.78, 5) is 14.7. The molecule has 0 unspecified atom stereocenters. The van der Waals surface area contributed by atoms with E-state index in [9.17, 15) is 26.3 Å². The van der Waals surface area contributed by atoms with E-state index in [1.165, 1.54) is 30.3 Å². The van der Waals surface area contributed by atoms with Gasteiger partial charge in [-0.3, -0.25) is 0 Å². The molecule has 0 atom stereocenters. The fourth-order valence-electron chi connectivity index (χ4n) is 11.3. The van der Waals surface area contributed by atoms with Crippen molar-refractivity contribution in [3.05, 3.63) is 246 Å². The van der Waals surface area contributed by atoms with Crippen LogP contribution in [0.25, 0.3) is 123 Å². The number of rotatable bonds is 8. The molecule has 0 saturated carbocycles. The Labute approximate surface area is 462 Å². The maximum absolute atomic E-state index is 16.1. The highest BCUT2D eigenvalue weighted by Crippen LogP contribution is 2.47. The number of nitrogens with zero attached hydrogens (tertiary/aromatic N) is 5. The lowest BCUT2D eigenvalue weighted by atomic mass is 9.94. The minimum absolute atomic E-state index is 0.0235. The van der Waals surface area contributed by atoms with Gasteiger partial charge in [0.1, 0.15) is 0 Å². The van der Waals surface area contributed by atoms with Gasteiger partial charge in [-0.1, -0.05) is 139 Å². The maximum atomic E-state index is 16.1. The van der Waals surface area contributed by atoms with Crippen molar-refractivity contribution in [1.82, 2.24) is 24.1 Å². The van der Waals surface area contributed by atoms with Crippen LogP contribution in [0.5, 0.6) is 0 Å². The molecule has 10 aromatic carbocycles. The van der Waals surface area contributed by atoms with Crippen LogP contribution < -0.4 is 0 Å². The number of benzene rings is 10. The molecule has 13 rings (SSSR count). The molecular formula is C68H42F9N5. The summed E-state index contributed by atoms with van der Waals surface area (Å²) in [5, 5.41) is 2.68. The quantitative estimate of drug-likeness (QED) is 0.143. The summed E-state index contributed by atoms with van der Waals surface area (Å²) in [6.07, 6.45) is -15.1. The fourth-order valence-corrected chi connectivity index (χ4v) is 11.3. The molecule has 0 aliphatic heterocycles. The molecule has 0 N–H and O–H groups in total. The van der Waals surface area contributed by atoms with Gasteiger partial charge >= 0.3 is 18.5 Å². The first-order valence-electron chi connectivity index (χ1n) is 26.0. The molecule has 0 radical (unpaired) electrons. The number of para-hydroxylation sites is 2. The summed E-state index contributed by atoms with van der Waals surface area (Å²) in [5.41, 5.74) is 4.49. The van der Waals surface area contributed by atoms with Crippen LogP contribution in [0.3, 0.4) is 0 Å². The van der Waals surface area contributed by atoms with Crippen LogP contribution in [-0.2, 0) is 18.5 Å². The van der Waals surface area contributed by atoms with Crippen LogP contribution in [-0.4, -0.2) is 24.1 Å². The summed E-state index contributed by atoms with van der Waals surface area (Å²) in [6.45, 7) is 4.09. The van der Waals surface area contributed by atoms with E-state index in [-0.39, 0.29) is 34.3 Å². The average molecular weight is 1100 g/mol. The van der Waals surface area contributed by atoms with E-state index in [0.717, 1.165) is 56.2 Å². The Kier molecular flexibility index (Phi) is 12.3. The van der Waals surface area contributed by atoms with Crippen molar-refractivity contribution >= 4 is 43.6 Å². The standard InChI is InChI=1S/C68H42F9N5/c1-39-21-27-48(40(2)33-39)43-22-30-60-53(34-43)50-17-9-11-19-58(50)81(60)47-26-29-56(67(72,73)74)52(38-47)55-36-45(65-79-63(41-13-5-3-6-14-41)78-64(80-65)42-15-7-4-8-16-42)24-32-62(55)82-59-20-12-10-18-51(59)54-35-44(23-31-61(54)82)49-28-25-46(66(69,70)71)37-57(49)68(75,76)77/h3-38H,1-2H3. The predicted molar refractivity (Wildman–Crippen MR) is 306 cm³/mol. The lowest BCUT2D eigenvalue weighted by Gasteiger charge is -2.21. The van der Waals surface area contributed by atoms with Gasteiger partial charge < -0.3 is 9.13 Å². The molecule has 0 bridgehead atoms. The van der Waals surface area contributed by atoms with E-state index in [1.54, 1.807) is 47.0 Å². The first-order chi connectivity index (χ1) is 39.4. The first-order valence-corrected chi connectivity index (χ1v) is 26.0. The van der Waals surface area contributed by atoms with Gasteiger partial charge in [-0.2, -0.15) is 39.5 Å². The van der Waals surface area contributed by atoms with Crippen LogP contribution in [0.1, 0.15) is 27.8 Å². The summed E-state index contributed by atoms with van der Waals surface area (Å²) in [7, 11) is 0. The van der Waals surface area contributed by atoms with Gasteiger partial charge in [-0.25, -0.2) is 15.0 Å². The van der Waals surface area contributed by atoms with Gasteiger partial charge in [0.25, 0.3) is 0 Å². The highest BCUT2D eigenvalue weighted by Gasteiger charge is 2.39. The van der Waals surface area contributed by atoms with Crippen LogP contribution in [0.2, 0.25) is 0 Å². The van der Waals surface area contributed by atoms with Crippen molar-refractivity contribution in [2.45, 2.75) is 32.4 Å². The molecule has 0 saturated heterocycles. The van der Waals surface area contributed by atoms with Gasteiger partial charge in [0, 0.05) is 49.5 Å². The molecule has 13 aromatic rings. The topological polar surface area (TPSA) is 48.5 Å². The third-order valence-corrected chi connectivity index (χ3v) is 15.1. The molecule has 3 aromatic heterocycles. The minimum Gasteiger partial charge on any atom is -0.309 e. The molecule has 3 heterocycles. The van der Waals surface area contributed by atoms with E-state index >= 15 is 13.2 Å². The number of fused-ring (bicyclic) bond motifs is 6. The Morgan fingerprint density at radius 2 is 0.817 bits per heavy atom. The second-order valence-electron chi connectivity index (χ2n) is 20.2. The second-order valence-corrected chi connectivity index (χ2v) is 20.2. The van der Waals surface area contributed by atoms with Gasteiger partial charge in [0.2, 0.25) is 0 Å². The van der Waals surface area contributed by atoms with E-state index in [4.69, 9.17) is 15.0 Å². The summed E-state index contributed by atoms with van der Waals surface area (Å²) in [6, 6.07) is 60.5. The summed E-state index contributed by atoms with van der Waals surface area (Å²) >= 11 is 0. The lowest BCUT2D eigenvalue weighted by Crippen LogP contribution is -2.12. The van der Waals surface area contributed by atoms with E-state index in [2.05, 4.69) is 31.2 Å². The number of hydrogen-bond acceptors (Lipinski definition) is 3. The molecule has 0 aliphatic carbocycles. The van der Waals surface area contributed by atoms with Crippen molar-refractivity contribution in [3.8, 4) is 78.9 Å². The van der Waals surface area contributed by atoms with E-state index in [1.807, 2.05) is 109 Å². The molecule has 0 amide bonds. The number of alkyl halides is 9. The van der Waals surface area contributed by atoms with Crippen molar-refractivity contribution in [2.24, 2.45) is 0 Å². The molecule has 82 heavy (non-hydrogen) atoms. The van der Waals surface area contributed by atoms with Gasteiger partial charge in [-0.05, 0) is 132 Å². The zero-order valence-corrected chi connectivity index (χ0v) is 43.4. The highest BCUT2D eigenvalue weighted by atomic mass is 19.4. The second kappa shape index (κ2) is 19.5. The van der Waals surface area contributed by atoms with Gasteiger partial charge in [-0.15, -0.1) is 0 Å². The fraction of sp³-hybridized carbons (Fsp3) is 0.0735. The van der Waals surface area contributed by atoms with Crippen LogP contribution in [0.4, 0.5) is 39.5 Å². The van der Waals surface area contributed by atoms with Crippen molar-refractivity contribution in [2.75, 3.05) is 0 Å².